The minimum absolute atomic E-state index is 1.12. The first-order valence-corrected chi connectivity index (χ1v) is 22.3. The fraction of sp³-hybridized carbons (Fsp3) is 0. The second kappa shape index (κ2) is 15.6. The Morgan fingerprint density at radius 2 is 0.714 bits per heavy atom. The van der Waals surface area contributed by atoms with Gasteiger partial charge >= 0.3 is 0 Å². The molecule has 0 amide bonds. The lowest BCUT2D eigenvalue weighted by atomic mass is 9.91. The molecule has 0 atom stereocenters. The van der Waals surface area contributed by atoms with E-state index in [4.69, 9.17) is 0 Å². The molecule has 0 bridgehead atoms. The molecule has 0 radical (unpaired) electrons. The van der Waals surface area contributed by atoms with Gasteiger partial charge in [-0.05, 0) is 145 Å². The highest BCUT2D eigenvalue weighted by Crippen LogP contribution is 2.51. The largest absolute Gasteiger partial charge is 0.310 e. The Morgan fingerprint density at radius 3 is 1.30 bits per heavy atom. The lowest BCUT2D eigenvalue weighted by molar-refractivity contribution is 1.29. The van der Waals surface area contributed by atoms with Crippen LogP contribution in [0.15, 0.2) is 252 Å². The van der Waals surface area contributed by atoms with Crippen molar-refractivity contribution in [2.75, 3.05) is 9.80 Å². The van der Waals surface area contributed by atoms with E-state index in [1.165, 1.54) is 75.5 Å². The molecule has 0 N–H and O–H groups in total. The highest BCUT2D eigenvalue weighted by atomic mass is 32.2. The molecule has 1 heterocycles. The highest BCUT2D eigenvalue weighted by molar-refractivity contribution is 7.99. The Kier molecular flexibility index (Phi) is 9.13. The highest BCUT2D eigenvalue weighted by Gasteiger charge is 2.22. The summed E-state index contributed by atoms with van der Waals surface area (Å²) >= 11 is 1.88. The molecule has 0 aliphatic carbocycles. The Bertz CT molecular complexity index is 3470. The molecule has 0 aromatic heterocycles. The van der Waals surface area contributed by atoms with Crippen molar-refractivity contribution in [3.8, 4) is 33.4 Å². The van der Waals surface area contributed by atoms with Crippen LogP contribution in [0.1, 0.15) is 0 Å². The first kappa shape index (κ1) is 37.0. The molecule has 296 valence electrons. The summed E-state index contributed by atoms with van der Waals surface area (Å²) < 4.78 is 0. The smallest absolute Gasteiger partial charge is 0.0468 e. The van der Waals surface area contributed by atoms with Gasteiger partial charge < -0.3 is 9.80 Å². The van der Waals surface area contributed by atoms with Crippen LogP contribution in [-0.4, -0.2) is 0 Å². The summed E-state index contributed by atoms with van der Waals surface area (Å²) in [5.74, 6) is 0. The molecular weight excluding hydrogens is 781 g/mol. The van der Waals surface area contributed by atoms with Gasteiger partial charge in [0.05, 0.1) is 0 Å². The van der Waals surface area contributed by atoms with E-state index < -0.39 is 0 Å². The first-order chi connectivity index (χ1) is 31.2. The van der Waals surface area contributed by atoms with Gasteiger partial charge in [0.25, 0.3) is 0 Å². The second-order valence-corrected chi connectivity index (χ2v) is 17.2. The molecule has 2 nitrogen and oxygen atoms in total. The van der Waals surface area contributed by atoms with Gasteiger partial charge in [0, 0.05) is 49.3 Å². The number of fused-ring (bicyclic) bond motifs is 4. The molecule has 0 spiro atoms. The van der Waals surface area contributed by atoms with Crippen LogP contribution in [0.5, 0.6) is 0 Å². The van der Waals surface area contributed by atoms with Crippen molar-refractivity contribution in [2.24, 2.45) is 0 Å². The van der Waals surface area contributed by atoms with Crippen molar-refractivity contribution in [3.63, 3.8) is 0 Å². The number of hydrogen-bond acceptors (Lipinski definition) is 3. The Hall–Kier alpha value is -7.85. The lowest BCUT2D eigenvalue weighted by Gasteiger charge is -2.26. The van der Waals surface area contributed by atoms with E-state index in [0.717, 1.165) is 34.1 Å². The van der Waals surface area contributed by atoms with E-state index in [2.05, 4.69) is 252 Å². The fourth-order valence-corrected chi connectivity index (χ4v) is 10.5. The molecule has 0 fully saturated rings. The van der Waals surface area contributed by atoms with Crippen LogP contribution in [-0.2, 0) is 0 Å². The molecule has 1 aliphatic heterocycles. The minimum atomic E-state index is 1.12. The topological polar surface area (TPSA) is 6.48 Å². The Balaban J connectivity index is 0.859. The standard InChI is InChI=1S/C60H40N2S/c1-3-16-48(17-4-1)61(52-33-24-41-12-7-9-14-45(41)38-52)50-29-22-43(23-30-50)47-28-35-55-57-37-36-54(56-20-11-21-58(60(56)57)63-59(55)40-47)44-26-31-51(32-27-44)62(49-18-5-2-6-19-49)53-34-25-42-13-8-10-15-46(42)39-53/h1-40H. The number of hydrogen-bond donors (Lipinski definition) is 0. The molecule has 11 aromatic carbocycles. The van der Waals surface area contributed by atoms with E-state index in [0.29, 0.717) is 0 Å². The van der Waals surface area contributed by atoms with E-state index >= 15 is 0 Å². The van der Waals surface area contributed by atoms with Gasteiger partial charge in [-0.3, -0.25) is 0 Å². The van der Waals surface area contributed by atoms with Crippen LogP contribution in [0.4, 0.5) is 34.1 Å². The predicted molar refractivity (Wildman–Crippen MR) is 269 cm³/mol. The fourth-order valence-electron chi connectivity index (χ4n) is 9.33. The zero-order chi connectivity index (χ0) is 41.7. The minimum Gasteiger partial charge on any atom is -0.310 e. The van der Waals surface area contributed by atoms with Crippen molar-refractivity contribution in [1.82, 2.24) is 0 Å². The maximum atomic E-state index is 2.37. The first-order valence-electron chi connectivity index (χ1n) is 21.5. The van der Waals surface area contributed by atoms with Crippen molar-refractivity contribution in [1.29, 1.82) is 0 Å². The molecule has 11 aromatic rings. The van der Waals surface area contributed by atoms with Crippen LogP contribution in [0, 0.1) is 0 Å². The summed E-state index contributed by atoms with van der Waals surface area (Å²) in [6.07, 6.45) is 0. The van der Waals surface area contributed by atoms with Crippen LogP contribution in [0.3, 0.4) is 0 Å². The van der Waals surface area contributed by atoms with Crippen LogP contribution in [0.25, 0.3) is 65.7 Å². The number of nitrogens with zero attached hydrogens (tertiary/aromatic N) is 2. The third kappa shape index (κ3) is 6.71. The molecule has 3 heteroatoms. The summed E-state index contributed by atoms with van der Waals surface area (Å²) in [6, 6.07) is 88.3. The second-order valence-electron chi connectivity index (χ2n) is 16.2. The van der Waals surface area contributed by atoms with Crippen molar-refractivity contribution in [3.05, 3.63) is 243 Å². The molecule has 12 rings (SSSR count). The van der Waals surface area contributed by atoms with Gasteiger partial charge in [0.2, 0.25) is 0 Å². The van der Waals surface area contributed by atoms with Gasteiger partial charge in [-0.1, -0.05) is 169 Å². The quantitative estimate of drug-likeness (QED) is 0.151. The summed E-state index contributed by atoms with van der Waals surface area (Å²) in [7, 11) is 0. The van der Waals surface area contributed by atoms with Gasteiger partial charge in [-0.15, -0.1) is 0 Å². The number of anilines is 6. The van der Waals surface area contributed by atoms with Gasteiger partial charge in [-0.25, -0.2) is 0 Å². The summed E-state index contributed by atoms with van der Waals surface area (Å²) in [4.78, 5) is 7.26. The molecule has 0 unspecified atom stereocenters. The predicted octanol–water partition coefficient (Wildman–Crippen LogP) is 17.6. The molecule has 0 saturated heterocycles. The number of benzene rings is 11. The summed E-state index contributed by atoms with van der Waals surface area (Å²) in [5.41, 5.74) is 14.2. The third-order valence-electron chi connectivity index (χ3n) is 12.4. The van der Waals surface area contributed by atoms with E-state index in [-0.39, 0.29) is 0 Å². The lowest BCUT2D eigenvalue weighted by Crippen LogP contribution is -2.09. The molecular formula is C60H40N2S. The van der Waals surface area contributed by atoms with Crippen molar-refractivity contribution >= 4 is 78.2 Å². The summed E-state index contributed by atoms with van der Waals surface area (Å²) in [6.45, 7) is 0. The van der Waals surface area contributed by atoms with E-state index in [1.54, 1.807) is 0 Å². The SMILES string of the molecule is c1ccc(N(c2ccc(-c3ccc4c(c3)Sc3cccc5c(-c6ccc(N(c7ccccc7)c7ccc8ccccc8c7)cc6)ccc-4c35)cc2)c2ccc3ccccc3c2)cc1. The van der Waals surface area contributed by atoms with Gasteiger partial charge in [-0.2, -0.15) is 0 Å². The summed E-state index contributed by atoms with van der Waals surface area (Å²) in [5, 5.41) is 7.53. The van der Waals surface area contributed by atoms with Crippen LogP contribution < -0.4 is 9.80 Å². The zero-order valence-corrected chi connectivity index (χ0v) is 35.2. The maximum Gasteiger partial charge on any atom is 0.0468 e. The number of rotatable bonds is 8. The molecule has 63 heavy (non-hydrogen) atoms. The van der Waals surface area contributed by atoms with E-state index in [9.17, 15) is 0 Å². The average molecular weight is 821 g/mol. The van der Waals surface area contributed by atoms with Crippen molar-refractivity contribution < 1.29 is 0 Å². The van der Waals surface area contributed by atoms with Crippen molar-refractivity contribution in [2.45, 2.75) is 9.79 Å². The third-order valence-corrected chi connectivity index (χ3v) is 13.5. The van der Waals surface area contributed by atoms with Gasteiger partial charge in [0.1, 0.15) is 0 Å². The monoisotopic (exact) mass is 820 g/mol. The zero-order valence-electron chi connectivity index (χ0n) is 34.4. The average Bonchev–Trinajstić information content (AvgIpc) is 3.35. The van der Waals surface area contributed by atoms with Crippen LogP contribution >= 0.6 is 11.8 Å². The molecule has 1 aliphatic rings. The molecule has 0 saturated carbocycles. The Labute approximate surface area is 372 Å². The van der Waals surface area contributed by atoms with Gasteiger partial charge in [0.15, 0.2) is 0 Å². The maximum absolute atomic E-state index is 2.37. The number of para-hydroxylation sites is 2. The van der Waals surface area contributed by atoms with E-state index in [1.807, 2.05) is 11.8 Å². The van der Waals surface area contributed by atoms with Crippen LogP contribution in [0.2, 0.25) is 0 Å². The normalized spacial score (nSPS) is 11.7. The Morgan fingerprint density at radius 1 is 0.254 bits per heavy atom.